The van der Waals surface area contributed by atoms with E-state index < -0.39 is 12.1 Å². The number of carbonyl (C=O) groups excluding carboxylic acids is 2. The largest absolute Gasteiger partial charge is 0.453 e. The standard InChI is InChI=1S/C20H33N3O3/c1-6-23(7-2)14-17-10-8-9-16(12-17)13-21-19(24)18(11-15(3)4)22-20(25)26-5/h8-10,12,15,18H,6-7,11,13-14H2,1-5H3,(H,21,24)(H,22,25). The van der Waals surface area contributed by atoms with Crippen molar-refractivity contribution in [2.45, 2.75) is 53.2 Å². The monoisotopic (exact) mass is 363 g/mol. The van der Waals surface area contributed by atoms with Crippen molar-refractivity contribution in [1.29, 1.82) is 0 Å². The summed E-state index contributed by atoms with van der Waals surface area (Å²) in [6.45, 7) is 11.7. The molecule has 0 heterocycles. The van der Waals surface area contributed by atoms with E-state index in [1.807, 2.05) is 26.0 Å². The Bertz CT molecular complexity index is 571. The molecule has 6 nitrogen and oxygen atoms in total. The number of nitrogens with one attached hydrogen (secondary N) is 2. The third-order valence-corrected chi connectivity index (χ3v) is 4.26. The van der Waals surface area contributed by atoms with Crippen molar-refractivity contribution in [3.63, 3.8) is 0 Å². The molecule has 0 spiro atoms. The first-order valence-corrected chi connectivity index (χ1v) is 9.31. The lowest BCUT2D eigenvalue weighted by Gasteiger charge is -2.20. The van der Waals surface area contributed by atoms with Gasteiger partial charge in [-0.2, -0.15) is 0 Å². The maximum absolute atomic E-state index is 12.5. The summed E-state index contributed by atoms with van der Waals surface area (Å²) in [5.74, 6) is 0.0820. The average molecular weight is 364 g/mol. The maximum atomic E-state index is 12.5. The van der Waals surface area contributed by atoms with Crippen LogP contribution >= 0.6 is 0 Å². The number of alkyl carbamates (subject to hydrolysis) is 1. The van der Waals surface area contributed by atoms with Crippen LogP contribution in [-0.2, 0) is 22.6 Å². The normalized spacial score (nSPS) is 12.1. The zero-order valence-electron chi connectivity index (χ0n) is 16.7. The van der Waals surface area contributed by atoms with Gasteiger partial charge in [0.2, 0.25) is 5.91 Å². The summed E-state index contributed by atoms with van der Waals surface area (Å²) in [5, 5.41) is 5.53. The highest BCUT2D eigenvalue weighted by molar-refractivity contribution is 5.85. The Morgan fingerprint density at radius 2 is 1.81 bits per heavy atom. The Balaban J connectivity index is 2.67. The minimum atomic E-state index is -0.596. The van der Waals surface area contributed by atoms with Crippen molar-refractivity contribution < 1.29 is 14.3 Å². The maximum Gasteiger partial charge on any atom is 0.407 e. The molecule has 0 saturated heterocycles. The SMILES string of the molecule is CCN(CC)Cc1cccc(CNC(=O)C(CC(C)C)NC(=O)OC)c1. The van der Waals surface area contributed by atoms with Crippen LogP contribution in [0.5, 0.6) is 0 Å². The van der Waals surface area contributed by atoms with E-state index in [1.165, 1.54) is 12.7 Å². The van der Waals surface area contributed by atoms with Crippen LogP contribution in [0.15, 0.2) is 24.3 Å². The fraction of sp³-hybridized carbons (Fsp3) is 0.600. The van der Waals surface area contributed by atoms with E-state index >= 15 is 0 Å². The number of ether oxygens (including phenoxy) is 1. The average Bonchev–Trinajstić information content (AvgIpc) is 2.63. The molecule has 0 aliphatic rings. The van der Waals surface area contributed by atoms with Crippen LogP contribution in [0.3, 0.4) is 0 Å². The molecular weight excluding hydrogens is 330 g/mol. The number of carbonyl (C=O) groups is 2. The number of amides is 2. The van der Waals surface area contributed by atoms with Crippen LogP contribution in [-0.4, -0.2) is 43.1 Å². The summed E-state index contributed by atoms with van der Waals surface area (Å²) in [5.41, 5.74) is 2.27. The molecule has 1 atom stereocenters. The smallest absolute Gasteiger partial charge is 0.407 e. The molecule has 0 saturated carbocycles. The number of hydrogen-bond donors (Lipinski definition) is 2. The molecule has 0 aliphatic heterocycles. The van der Waals surface area contributed by atoms with Gasteiger partial charge in [-0.3, -0.25) is 9.69 Å². The van der Waals surface area contributed by atoms with Gasteiger partial charge in [0.1, 0.15) is 6.04 Å². The molecule has 1 aromatic rings. The van der Waals surface area contributed by atoms with Gasteiger partial charge in [0.25, 0.3) is 0 Å². The van der Waals surface area contributed by atoms with E-state index in [1.54, 1.807) is 0 Å². The molecule has 0 aromatic heterocycles. The Kier molecular flexibility index (Phi) is 9.73. The van der Waals surface area contributed by atoms with Gasteiger partial charge in [-0.15, -0.1) is 0 Å². The van der Waals surface area contributed by atoms with Gasteiger partial charge in [0.05, 0.1) is 7.11 Å². The number of methoxy groups -OCH3 is 1. The van der Waals surface area contributed by atoms with Gasteiger partial charge in [0.15, 0.2) is 0 Å². The zero-order valence-corrected chi connectivity index (χ0v) is 16.7. The van der Waals surface area contributed by atoms with Crippen LogP contribution < -0.4 is 10.6 Å². The van der Waals surface area contributed by atoms with Crippen molar-refractivity contribution in [3.8, 4) is 0 Å². The van der Waals surface area contributed by atoms with Gasteiger partial charge < -0.3 is 15.4 Å². The van der Waals surface area contributed by atoms with Crippen LogP contribution in [0, 0.1) is 5.92 Å². The van der Waals surface area contributed by atoms with Crippen molar-refractivity contribution >= 4 is 12.0 Å². The first-order valence-electron chi connectivity index (χ1n) is 9.31. The van der Waals surface area contributed by atoms with E-state index in [4.69, 9.17) is 0 Å². The first-order chi connectivity index (χ1) is 12.4. The molecule has 2 amide bonds. The molecule has 0 bridgehead atoms. The molecule has 0 radical (unpaired) electrons. The fourth-order valence-electron chi connectivity index (χ4n) is 2.76. The summed E-state index contributed by atoms with van der Waals surface area (Å²) in [6, 6.07) is 7.63. The third kappa shape index (κ3) is 7.87. The summed E-state index contributed by atoms with van der Waals surface area (Å²) < 4.78 is 4.61. The minimum absolute atomic E-state index is 0.196. The molecule has 6 heteroatoms. The quantitative estimate of drug-likeness (QED) is 0.670. The van der Waals surface area contributed by atoms with E-state index in [2.05, 4.69) is 46.3 Å². The van der Waals surface area contributed by atoms with Crippen LogP contribution in [0.2, 0.25) is 0 Å². The molecule has 1 unspecified atom stereocenters. The second kappa shape index (κ2) is 11.5. The third-order valence-electron chi connectivity index (χ3n) is 4.26. The van der Waals surface area contributed by atoms with Crippen molar-refractivity contribution in [1.82, 2.24) is 15.5 Å². The summed E-state index contributed by atoms with van der Waals surface area (Å²) in [4.78, 5) is 26.3. The zero-order chi connectivity index (χ0) is 19.5. The Morgan fingerprint density at radius 1 is 1.15 bits per heavy atom. The Morgan fingerprint density at radius 3 is 2.38 bits per heavy atom. The highest BCUT2D eigenvalue weighted by atomic mass is 16.5. The van der Waals surface area contributed by atoms with Crippen molar-refractivity contribution in [3.05, 3.63) is 35.4 Å². The predicted molar refractivity (Wildman–Crippen MR) is 104 cm³/mol. The van der Waals surface area contributed by atoms with Gasteiger partial charge in [0, 0.05) is 13.1 Å². The lowest BCUT2D eigenvalue weighted by molar-refractivity contribution is -0.123. The second-order valence-electron chi connectivity index (χ2n) is 6.82. The molecule has 1 rings (SSSR count). The van der Waals surface area contributed by atoms with Crippen LogP contribution in [0.25, 0.3) is 0 Å². The van der Waals surface area contributed by atoms with Gasteiger partial charge in [-0.05, 0) is 36.6 Å². The molecule has 0 aliphatic carbocycles. The highest BCUT2D eigenvalue weighted by Gasteiger charge is 2.22. The molecule has 2 N–H and O–H groups in total. The highest BCUT2D eigenvalue weighted by Crippen LogP contribution is 2.10. The summed E-state index contributed by atoms with van der Waals surface area (Å²) >= 11 is 0. The molecule has 146 valence electrons. The number of benzene rings is 1. The van der Waals surface area contributed by atoms with E-state index in [9.17, 15) is 9.59 Å². The predicted octanol–water partition coefficient (Wildman–Crippen LogP) is 2.92. The lowest BCUT2D eigenvalue weighted by Crippen LogP contribution is -2.47. The molecular formula is C20H33N3O3. The van der Waals surface area contributed by atoms with Gasteiger partial charge in [-0.25, -0.2) is 4.79 Å². The Labute approximate surface area is 157 Å². The first kappa shape index (κ1) is 22.0. The topological polar surface area (TPSA) is 70.7 Å². The Hall–Kier alpha value is -2.08. The van der Waals surface area contributed by atoms with Crippen LogP contribution in [0.4, 0.5) is 4.79 Å². The van der Waals surface area contributed by atoms with Crippen molar-refractivity contribution in [2.75, 3.05) is 20.2 Å². The number of rotatable bonds is 10. The van der Waals surface area contributed by atoms with Crippen molar-refractivity contribution in [2.24, 2.45) is 5.92 Å². The minimum Gasteiger partial charge on any atom is -0.453 e. The lowest BCUT2D eigenvalue weighted by atomic mass is 10.0. The van der Waals surface area contributed by atoms with Gasteiger partial charge in [-0.1, -0.05) is 52.0 Å². The molecule has 1 aromatic carbocycles. The summed E-state index contributed by atoms with van der Waals surface area (Å²) in [6.07, 6.45) is -0.0323. The summed E-state index contributed by atoms with van der Waals surface area (Å²) in [7, 11) is 1.29. The van der Waals surface area contributed by atoms with Crippen LogP contribution in [0.1, 0.15) is 45.2 Å². The fourth-order valence-corrected chi connectivity index (χ4v) is 2.76. The second-order valence-corrected chi connectivity index (χ2v) is 6.82. The number of hydrogen-bond acceptors (Lipinski definition) is 4. The molecule has 26 heavy (non-hydrogen) atoms. The molecule has 0 fully saturated rings. The van der Waals surface area contributed by atoms with E-state index in [0.29, 0.717) is 13.0 Å². The number of nitrogens with zero attached hydrogens (tertiary/aromatic N) is 1. The van der Waals surface area contributed by atoms with E-state index in [0.717, 1.165) is 25.2 Å². The van der Waals surface area contributed by atoms with Gasteiger partial charge >= 0.3 is 6.09 Å². The van der Waals surface area contributed by atoms with E-state index in [-0.39, 0.29) is 11.8 Å².